The number of H-pyrrole nitrogens is 2. The van der Waals surface area contributed by atoms with Crippen LogP contribution in [0.15, 0.2) is 57.6 Å². The molecule has 0 fully saturated rings. The molecule has 3 heterocycles. The van der Waals surface area contributed by atoms with Crippen LogP contribution in [0.1, 0.15) is 21.1 Å². The lowest BCUT2D eigenvalue weighted by Crippen LogP contribution is -2.40. The first kappa shape index (κ1) is 17.0. The summed E-state index contributed by atoms with van der Waals surface area (Å²) in [6.45, 7) is 0.257. The normalized spacial score (nSPS) is 11.0. The van der Waals surface area contributed by atoms with E-state index in [9.17, 15) is 14.4 Å². The number of para-hydroxylation sites is 2. The van der Waals surface area contributed by atoms with Gasteiger partial charge in [-0.3, -0.25) is 14.2 Å². The molecule has 1 aromatic carbocycles. The van der Waals surface area contributed by atoms with E-state index in [1.54, 1.807) is 0 Å². The number of amides is 1. The van der Waals surface area contributed by atoms with Crippen molar-refractivity contribution in [2.24, 2.45) is 0 Å². The molecule has 27 heavy (non-hydrogen) atoms. The Morgan fingerprint density at radius 1 is 1.19 bits per heavy atom. The van der Waals surface area contributed by atoms with Gasteiger partial charge in [0.25, 0.3) is 11.5 Å². The van der Waals surface area contributed by atoms with Gasteiger partial charge in [-0.25, -0.2) is 9.78 Å². The van der Waals surface area contributed by atoms with Crippen molar-refractivity contribution >= 4 is 28.3 Å². The standard InChI is InChI=1S/C18H15N5O3S/c24-16(19-9-15-21-13-5-1-2-6-14(13)22-15)12-8-20-18(26)23(17(12)25)10-11-4-3-7-27-11/h1-8H,9-10H2,(H,19,24)(H,20,26)(H,21,22). The Balaban J connectivity index is 1.54. The molecular weight excluding hydrogens is 366 g/mol. The Morgan fingerprint density at radius 2 is 2.04 bits per heavy atom. The molecule has 0 saturated carbocycles. The summed E-state index contributed by atoms with van der Waals surface area (Å²) in [5.41, 5.74) is 0.354. The molecule has 136 valence electrons. The highest BCUT2D eigenvalue weighted by Gasteiger charge is 2.15. The number of thiophene rings is 1. The summed E-state index contributed by atoms with van der Waals surface area (Å²) in [6.07, 6.45) is 1.14. The molecule has 0 aliphatic carbocycles. The molecule has 0 atom stereocenters. The molecule has 4 rings (SSSR count). The number of imidazole rings is 1. The Labute approximate surface area is 156 Å². The van der Waals surface area contributed by atoms with Crippen LogP contribution in [0.25, 0.3) is 11.0 Å². The van der Waals surface area contributed by atoms with Crippen LogP contribution >= 0.6 is 11.3 Å². The molecule has 3 N–H and O–H groups in total. The number of aromatic amines is 2. The molecule has 3 aromatic heterocycles. The number of aromatic nitrogens is 4. The minimum Gasteiger partial charge on any atom is -0.345 e. The summed E-state index contributed by atoms with van der Waals surface area (Å²) in [7, 11) is 0. The second-order valence-electron chi connectivity index (χ2n) is 5.86. The number of fused-ring (bicyclic) bond motifs is 1. The van der Waals surface area contributed by atoms with Crippen LogP contribution in [0.2, 0.25) is 0 Å². The monoisotopic (exact) mass is 381 g/mol. The molecule has 0 unspecified atom stereocenters. The van der Waals surface area contributed by atoms with Gasteiger partial charge in [0.2, 0.25) is 0 Å². The smallest absolute Gasteiger partial charge is 0.328 e. The molecule has 4 aromatic rings. The lowest BCUT2D eigenvalue weighted by Gasteiger charge is -2.06. The van der Waals surface area contributed by atoms with E-state index in [4.69, 9.17) is 0 Å². The number of rotatable bonds is 5. The highest BCUT2D eigenvalue weighted by molar-refractivity contribution is 7.09. The third-order valence-corrected chi connectivity index (χ3v) is 4.92. The van der Waals surface area contributed by atoms with Gasteiger partial charge in [0.1, 0.15) is 11.4 Å². The Bertz CT molecular complexity index is 1190. The van der Waals surface area contributed by atoms with Crippen molar-refractivity contribution in [3.8, 4) is 0 Å². The van der Waals surface area contributed by atoms with Crippen LogP contribution in [0.4, 0.5) is 0 Å². The highest BCUT2D eigenvalue weighted by Crippen LogP contribution is 2.10. The van der Waals surface area contributed by atoms with E-state index < -0.39 is 17.2 Å². The van der Waals surface area contributed by atoms with Crippen LogP contribution in [0.3, 0.4) is 0 Å². The quantitative estimate of drug-likeness (QED) is 0.486. The molecule has 0 spiro atoms. The second kappa shape index (κ2) is 7.04. The van der Waals surface area contributed by atoms with Crippen molar-refractivity contribution in [1.29, 1.82) is 0 Å². The van der Waals surface area contributed by atoms with Gasteiger partial charge in [0, 0.05) is 11.1 Å². The van der Waals surface area contributed by atoms with E-state index in [1.165, 1.54) is 11.3 Å². The van der Waals surface area contributed by atoms with Gasteiger partial charge in [0.05, 0.1) is 24.1 Å². The predicted molar refractivity (Wildman–Crippen MR) is 102 cm³/mol. The molecule has 0 saturated heterocycles. The third-order valence-electron chi connectivity index (χ3n) is 4.05. The van der Waals surface area contributed by atoms with Gasteiger partial charge < -0.3 is 15.3 Å². The summed E-state index contributed by atoms with van der Waals surface area (Å²) < 4.78 is 1.02. The fourth-order valence-electron chi connectivity index (χ4n) is 2.72. The van der Waals surface area contributed by atoms with Crippen LogP contribution < -0.4 is 16.6 Å². The topological polar surface area (TPSA) is 113 Å². The number of nitrogens with zero attached hydrogens (tertiary/aromatic N) is 2. The number of benzene rings is 1. The Morgan fingerprint density at radius 3 is 2.81 bits per heavy atom. The molecule has 0 radical (unpaired) electrons. The maximum atomic E-state index is 12.6. The Hall–Kier alpha value is -3.46. The SMILES string of the molecule is O=C(NCc1nc2ccccc2[nH]1)c1c[nH]c(=O)n(Cc2cccs2)c1=O. The number of nitrogens with one attached hydrogen (secondary N) is 3. The average molecular weight is 381 g/mol. The lowest BCUT2D eigenvalue weighted by molar-refractivity contribution is 0.0947. The van der Waals surface area contributed by atoms with Gasteiger partial charge >= 0.3 is 5.69 Å². The van der Waals surface area contributed by atoms with Gasteiger partial charge in [-0.1, -0.05) is 18.2 Å². The van der Waals surface area contributed by atoms with Crippen LogP contribution in [0.5, 0.6) is 0 Å². The van der Waals surface area contributed by atoms with E-state index in [0.29, 0.717) is 5.82 Å². The number of carbonyl (C=O) groups excluding carboxylic acids is 1. The molecule has 0 aliphatic heterocycles. The van der Waals surface area contributed by atoms with E-state index in [-0.39, 0.29) is 18.7 Å². The number of hydrogen-bond acceptors (Lipinski definition) is 5. The van der Waals surface area contributed by atoms with Crippen LogP contribution in [0, 0.1) is 0 Å². The summed E-state index contributed by atoms with van der Waals surface area (Å²) in [5, 5.41) is 4.52. The summed E-state index contributed by atoms with van der Waals surface area (Å²) in [5.74, 6) is 0.00419. The first-order valence-corrected chi connectivity index (χ1v) is 9.06. The Kier molecular flexibility index (Phi) is 4.43. The summed E-state index contributed by atoms with van der Waals surface area (Å²) >= 11 is 1.43. The van der Waals surface area contributed by atoms with E-state index in [2.05, 4.69) is 20.3 Å². The van der Waals surface area contributed by atoms with Crippen molar-refractivity contribution < 1.29 is 4.79 Å². The fourth-order valence-corrected chi connectivity index (χ4v) is 3.42. The molecule has 8 nitrogen and oxygen atoms in total. The summed E-state index contributed by atoms with van der Waals surface area (Å²) in [4.78, 5) is 47.8. The third kappa shape index (κ3) is 3.44. The largest absolute Gasteiger partial charge is 0.345 e. The van der Waals surface area contributed by atoms with E-state index >= 15 is 0 Å². The zero-order valence-corrected chi connectivity index (χ0v) is 14.9. The van der Waals surface area contributed by atoms with Crippen LogP contribution in [-0.4, -0.2) is 25.4 Å². The van der Waals surface area contributed by atoms with Crippen molar-refractivity contribution in [3.05, 3.63) is 85.1 Å². The minimum absolute atomic E-state index is 0.122. The van der Waals surface area contributed by atoms with Gasteiger partial charge in [-0.2, -0.15) is 0 Å². The van der Waals surface area contributed by atoms with Crippen LogP contribution in [-0.2, 0) is 13.1 Å². The maximum absolute atomic E-state index is 12.6. The van der Waals surface area contributed by atoms with Crippen molar-refractivity contribution in [3.63, 3.8) is 0 Å². The molecule has 0 bridgehead atoms. The first-order valence-electron chi connectivity index (χ1n) is 8.18. The van der Waals surface area contributed by atoms with Crippen molar-refractivity contribution in [2.45, 2.75) is 13.1 Å². The zero-order valence-electron chi connectivity index (χ0n) is 14.1. The molecule has 9 heteroatoms. The fraction of sp³-hybridized carbons (Fsp3) is 0.111. The van der Waals surface area contributed by atoms with Gasteiger partial charge in [-0.05, 0) is 23.6 Å². The summed E-state index contributed by atoms with van der Waals surface area (Å²) in [6, 6.07) is 11.2. The predicted octanol–water partition coefficient (Wildman–Crippen LogP) is 1.45. The average Bonchev–Trinajstić information content (AvgIpc) is 3.32. The number of hydrogen-bond donors (Lipinski definition) is 3. The molecule has 0 aliphatic rings. The first-order chi connectivity index (χ1) is 13.1. The maximum Gasteiger partial charge on any atom is 0.328 e. The zero-order chi connectivity index (χ0) is 18.8. The van der Waals surface area contributed by atoms with E-state index in [0.717, 1.165) is 26.7 Å². The molecule has 1 amide bonds. The van der Waals surface area contributed by atoms with Gasteiger partial charge in [0.15, 0.2) is 0 Å². The second-order valence-corrected chi connectivity index (χ2v) is 6.89. The van der Waals surface area contributed by atoms with Crippen molar-refractivity contribution in [2.75, 3.05) is 0 Å². The lowest BCUT2D eigenvalue weighted by atomic mass is 10.3. The number of carbonyl (C=O) groups is 1. The van der Waals surface area contributed by atoms with Crippen molar-refractivity contribution in [1.82, 2.24) is 24.8 Å². The highest BCUT2D eigenvalue weighted by atomic mass is 32.1. The minimum atomic E-state index is -0.630. The van der Waals surface area contributed by atoms with E-state index in [1.807, 2.05) is 41.8 Å². The molecular formula is C18H15N5O3S. The van der Waals surface area contributed by atoms with Gasteiger partial charge in [-0.15, -0.1) is 11.3 Å².